The minimum Gasteiger partial charge on any atom is -0.354 e. The van der Waals surface area contributed by atoms with E-state index in [4.69, 9.17) is 5.73 Å². The van der Waals surface area contributed by atoms with Gasteiger partial charge in [0, 0.05) is 11.0 Å². The van der Waals surface area contributed by atoms with Gasteiger partial charge in [-0.05, 0) is 43.4 Å². The zero-order valence-corrected chi connectivity index (χ0v) is 12.5. The molecule has 0 aromatic heterocycles. The molecule has 0 aliphatic heterocycles. The second kappa shape index (κ2) is 6.55. The number of hydrogen-bond donors (Lipinski definition) is 2. The predicted molar refractivity (Wildman–Crippen MR) is 78.9 cm³/mol. The van der Waals surface area contributed by atoms with Gasteiger partial charge >= 0.3 is 0 Å². The van der Waals surface area contributed by atoms with Crippen LogP contribution in [0.15, 0.2) is 28.7 Å². The number of nitrogens with one attached hydrogen (secondary N) is 1. The maximum absolute atomic E-state index is 11.7. The molecule has 1 aliphatic carbocycles. The molecule has 0 radical (unpaired) electrons. The molecular weight excluding hydrogens is 316 g/mol. The summed E-state index contributed by atoms with van der Waals surface area (Å²) in [6.45, 7) is 0.652. The van der Waals surface area contributed by atoms with Crippen LogP contribution in [0.2, 0.25) is 0 Å². The molecule has 1 aliphatic rings. The van der Waals surface area contributed by atoms with Gasteiger partial charge in [0.15, 0.2) is 0 Å². The molecule has 1 saturated carbocycles. The highest BCUT2D eigenvalue weighted by Crippen LogP contribution is 2.28. The maximum Gasteiger partial charge on any atom is 0.240 e. The minimum absolute atomic E-state index is 0. The van der Waals surface area contributed by atoms with Crippen LogP contribution in [0.25, 0.3) is 0 Å². The second-order valence-corrected chi connectivity index (χ2v) is 5.56. The summed E-state index contributed by atoms with van der Waals surface area (Å²) in [5.41, 5.74) is 6.56. The highest BCUT2D eigenvalue weighted by Gasteiger charge is 2.39. The smallest absolute Gasteiger partial charge is 0.240 e. The molecular formula is C13H18BrClN2O. The van der Waals surface area contributed by atoms with Crippen molar-refractivity contribution in [3.05, 3.63) is 34.3 Å². The van der Waals surface area contributed by atoms with Crippen molar-refractivity contribution < 1.29 is 4.79 Å². The summed E-state index contributed by atoms with van der Waals surface area (Å²) in [7, 11) is 0. The number of benzene rings is 1. The van der Waals surface area contributed by atoms with E-state index in [-0.39, 0.29) is 18.3 Å². The van der Waals surface area contributed by atoms with Gasteiger partial charge < -0.3 is 11.1 Å². The highest BCUT2D eigenvalue weighted by molar-refractivity contribution is 9.10. The van der Waals surface area contributed by atoms with Gasteiger partial charge in [-0.25, -0.2) is 0 Å². The molecule has 0 spiro atoms. The lowest BCUT2D eigenvalue weighted by Gasteiger charge is -2.36. The van der Waals surface area contributed by atoms with E-state index in [2.05, 4.69) is 33.4 Å². The first kappa shape index (κ1) is 15.5. The van der Waals surface area contributed by atoms with Crippen LogP contribution in [0.1, 0.15) is 24.8 Å². The fourth-order valence-corrected chi connectivity index (χ4v) is 2.20. The average molecular weight is 334 g/mol. The summed E-state index contributed by atoms with van der Waals surface area (Å²) in [4.78, 5) is 11.7. The molecule has 2 rings (SSSR count). The number of amides is 1. The Balaban J connectivity index is 0.00000162. The van der Waals surface area contributed by atoms with Crippen LogP contribution < -0.4 is 11.1 Å². The van der Waals surface area contributed by atoms with E-state index < -0.39 is 5.54 Å². The Morgan fingerprint density at radius 1 is 1.33 bits per heavy atom. The molecule has 3 nitrogen and oxygen atoms in total. The Morgan fingerprint density at radius 3 is 2.44 bits per heavy atom. The van der Waals surface area contributed by atoms with E-state index in [1.165, 1.54) is 5.56 Å². The Morgan fingerprint density at radius 2 is 1.94 bits per heavy atom. The summed E-state index contributed by atoms with van der Waals surface area (Å²) < 4.78 is 1.07. The summed E-state index contributed by atoms with van der Waals surface area (Å²) in [5, 5.41) is 2.91. The minimum atomic E-state index is -0.584. The Kier molecular flexibility index (Phi) is 5.63. The van der Waals surface area contributed by atoms with Crippen molar-refractivity contribution in [1.82, 2.24) is 5.32 Å². The van der Waals surface area contributed by atoms with Gasteiger partial charge in [0.05, 0.1) is 5.54 Å². The van der Waals surface area contributed by atoms with Gasteiger partial charge in [0.1, 0.15) is 0 Å². The average Bonchev–Trinajstić information content (AvgIpc) is 2.28. The molecule has 0 saturated heterocycles. The van der Waals surface area contributed by atoms with Crippen molar-refractivity contribution in [3.8, 4) is 0 Å². The van der Waals surface area contributed by atoms with Gasteiger partial charge in [0.2, 0.25) is 5.91 Å². The van der Waals surface area contributed by atoms with Crippen molar-refractivity contribution in [3.63, 3.8) is 0 Å². The predicted octanol–water partition coefficient (Wildman–Crippen LogP) is 2.41. The zero-order valence-electron chi connectivity index (χ0n) is 10.1. The molecule has 1 aromatic carbocycles. The first-order valence-corrected chi connectivity index (χ1v) is 6.71. The molecule has 1 aromatic rings. The normalized spacial score (nSPS) is 16.3. The Labute approximate surface area is 122 Å². The van der Waals surface area contributed by atoms with Crippen LogP contribution in [0, 0.1) is 0 Å². The molecule has 1 fully saturated rings. The van der Waals surface area contributed by atoms with Crippen molar-refractivity contribution in [1.29, 1.82) is 0 Å². The number of rotatable bonds is 4. The number of carbonyl (C=O) groups excluding carboxylic acids is 1. The van der Waals surface area contributed by atoms with Crippen molar-refractivity contribution in [2.45, 2.75) is 31.2 Å². The molecule has 18 heavy (non-hydrogen) atoms. The topological polar surface area (TPSA) is 55.1 Å². The lowest BCUT2D eigenvalue weighted by molar-refractivity contribution is -0.129. The van der Waals surface area contributed by atoms with E-state index in [0.29, 0.717) is 6.54 Å². The molecule has 0 atom stereocenters. The van der Waals surface area contributed by atoms with Crippen LogP contribution in [-0.2, 0) is 11.2 Å². The van der Waals surface area contributed by atoms with Gasteiger partial charge in [0.25, 0.3) is 0 Å². The third-order valence-corrected chi connectivity index (χ3v) is 3.84. The number of hydrogen-bond acceptors (Lipinski definition) is 2. The summed E-state index contributed by atoms with van der Waals surface area (Å²) in [5.74, 6) is 0.000798. The van der Waals surface area contributed by atoms with E-state index in [1.54, 1.807) is 0 Å². The lowest BCUT2D eigenvalue weighted by atomic mass is 9.77. The fourth-order valence-electron chi connectivity index (χ4n) is 1.93. The number of carbonyl (C=O) groups is 1. The van der Waals surface area contributed by atoms with Crippen LogP contribution in [0.3, 0.4) is 0 Å². The van der Waals surface area contributed by atoms with E-state index in [0.717, 1.165) is 30.2 Å². The largest absolute Gasteiger partial charge is 0.354 e. The maximum atomic E-state index is 11.7. The van der Waals surface area contributed by atoms with Crippen molar-refractivity contribution in [2.24, 2.45) is 5.73 Å². The lowest BCUT2D eigenvalue weighted by Crippen LogP contribution is -2.58. The van der Waals surface area contributed by atoms with Gasteiger partial charge in [-0.1, -0.05) is 28.1 Å². The molecule has 0 unspecified atom stereocenters. The third-order valence-electron chi connectivity index (χ3n) is 3.31. The number of halogens is 2. The molecule has 0 heterocycles. The van der Waals surface area contributed by atoms with E-state index >= 15 is 0 Å². The Hall–Kier alpha value is -0.580. The van der Waals surface area contributed by atoms with Gasteiger partial charge in [-0.15, -0.1) is 12.4 Å². The fraction of sp³-hybridized carbons (Fsp3) is 0.462. The van der Waals surface area contributed by atoms with Crippen LogP contribution in [0.5, 0.6) is 0 Å². The Bertz CT molecular complexity index is 404. The van der Waals surface area contributed by atoms with Crippen LogP contribution in [0.4, 0.5) is 0 Å². The summed E-state index contributed by atoms with van der Waals surface area (Å²) in [6.07, 6.45) is 3.54. The summed E-state index contributed by atoms with van der Waals surface area (Å²) in [6, 6.07) is 8.12. The van der Waals surface area contributed by atoms with Crippen molar-refractivity contribution >= 4 is 34.2 Å². The standard InChI is InChI=1S/C13H17BrN2O.ClH/c14-11-4-2-10(3-5-11)6-9-16-12(17)13(15)7-1-8-13;/h2-5H,1,6-9,15H2,(H,16,17);1H. The molecule has 3 N–H and O–H groups in total. The monoisotopic (exact) mass is 332 g/mol. The second-order valence-electron chi connectivity index (χ2n) is 4.64. The van der Waals surface area contributed by atoms with E-state index in [9.17, 15) is 4.79 Å². The van der Waals surface area contributed by atoms with E-state index in [1.807, 2.05) is 12.1 Å². The molecule has 5 heteroatoms. The molecule has 100 valence electrons. The van der Waals surface area contributed by atoms with Crippen LogP contribution >= 0.6 is 28.3 Å². The first-order chi connectivity index (χ1) is 8.10. The van der Waals surface area contributed by atoms with Gasteiger partial charge in [-0.2, -0.15) is 0 Å². The molecule has 0 bridgehead atoms. The zero-order chi connectivity index (χ0) is 12.3. The van der Waals surface area contributed by atoms with Crippen LogP contribution in [-0.4, -0.2) is 18.0 Å². The van der Waals surface area contributed by atoms with Gasteiger partial charge in [-0.3, -0.25) is 4.79 Å². The van der Waals surface area contributed by atoms with Crippen molar-refractivity contribution in [2.75, 3.05) is 6.54 Å². The quantitative estimate of drug-likeness (QED) is 0.889. The number of nitrogens with two attached hydrogens (primary N) is 1. The molecule has 1 amide bonds. The summed E-state index contributed by atoms with van der Waals surface area (Å²) >= 11 is 3.39. The SMILES string of the molecule is Cl.NC1(C(=O)NCCc2ccc(Br)cc2)CCC1. The third kappa shape index (κ3) is 3.70. The first-order valence-electron chi connectivity index (χ1n) is 5.92. The highest BCUT2D eigenvalue weighted by atomic mass is 79.9.